The smallest absolute Gasteiger partial charge is 0.416 e. The minimum atomic E-state index is -4.51. The quantitative estimate of drug-likeness (QED) is 0.481. The summed E-state index contributed by atoms with van der Waals surface area (Å²) in [5.74, 6) is -1.53. The maximum Gasteiger partial charge on any atom is 0.416 e. The van der Waals surface area contributed by atoms with Crippen molar-refractivity contribution in [2.45, 2.75) is 25.2 Å². The Balaban J connectivity index is 1.77. The number of rotatable bonds is 7. The van der Waals surface area contributed by atoms with Crippen LogP contribution in [0.3, 0.4) is 0 Å². The molecule has 0 bridgehead atoms. The lowest BCUT2D eigenvalue weighted by Crippen LogP contribution is -2.46. The van der Waals surface area contributed by atoms with Gasteiger partial charge in [0.15, 0.2) is 0 Å². The van der Waals surface area contributed by atoms with Crippen LogP contribution >= 0.6 is 11.8 Å². The lowest BCUT2D eigenvalue weighted by molar-refractivity contribution is -0.149. The second-order valence-corrected chi connectivity index (χ2v) is 7.61. The topological polar surface area (TPSA) is 63.7 Å². The van der Waals surface area contributed by atoms with E-state index in [1.54, 1.807) is 12.1 Å². The zero-order chi connectivity index (χ0) is 21.9. The predicted molar refractivity (Wildman–Crippen MR) is 105 cm³/mol. The Labute approximate surface area is 175 Å². The fraction of sp³-hybridized carbons (Fsp3) is 0.286. The van der Waals surface area contributed by atoms with Crippen molar-refractivity contribution in [3.8, 4) is 0 Å². The SMILES string of the molecule is CSCCC(C(=O)OCc1cccc(C(F)(F)F)c1)N1C(=O)c2ccccc2C1=O. The number of esters is 1. The van der Waals surface area contributed by atoms with Crippen LogP contribution in [0.5, 0.6) is 0 Å². The third-order valence-corrected chi connectivity index (χ3v) is 5.28. The molecule has 0 saturated carbocycles. The van der Waals surface area contributed by atoms with Gasteiger partial charge < -0.3 is 4.74 Å². The molecule has 0 fully saturated rings. The molecule has 30 heavy (non-hydrogen) atoms. The first kappa shape index (κ1) is 21.9. The molecule has 9 heteroatoms. The van der Waals surface area contributed by atoms with E-state index in [1.807, 2.05) is 6.26 Å². The molecule has 0 N–H and O–H groups in total. The maximum absolute atomic E-state index is 12.9. The molecule has 0 saturated heterocycles. The molecule has 1 heterocycles. The molecule has 1 atom stereocenters. The molecule has 0 aromatic heterocycles. The van der Waals surface area contributed by atoms with E-state index >= 15 is 0 Å². The second kappa shape index (κ2) is 8.91. The minimum Gasteiger partial charge on any atom is -0.459 e. The molecule has 0 radical (unpaired) electrons. The molecule has 158 valence electrons. The number of amides is 2. The Hall–Kier alpha value is -2.81. The number of imide groups is 1. The van der Waals surface area contributed by atoms with E-state index in [4.69, 9.17) is 4.74 Å². The van der Waals surface area contributed by atoms with Crippen LogP contribution in [0.15, 0.2) is 48.5 Å². The summed E-state index contributed by atoms with van der Waals surface area (Å²) >= 11 is 1.43. The van der Waals surface area contributed by atoms with Crippen LogP contribution in [0.25, 0.3) is 0 Å². The van der Waals surface area contributed by atoms with E-state index in [9.17, 15) is 27.6 Å². The molecule has 2 amide bonds. The number of halogens is 3. The molecule has 2 aromatic rings. The third-order valence-electron chi connectivity index (χ3n) is 4.64. The number of thioether (sulfide) groups is 1. The monoisotopic (exact) mass is 437 g/mol. The first-order chi connectivity index (χ1) is 14.2. The average Bonchev–Trinajstić information content (AvgIpc) is 2.97. The fourth-order valence-electron chi connectivity index (χ4n) is 3.16. The number of hydrogen-bond donors (Lipinski definition) is 0. The molecule has 0 spiro atoms. The van der Waals surface area contributed by atoms with Gasteiger partial charge in [-0.2, -0.15) is 24.9 Å². The zero-order valence-corrected chi connectivity index (χ0v) is 16.8. The fourth-order valence-corrected chi connectivity index (χ4v) is 3.62. The van der Waals surface area contributed by atoms with Gasteiger partial charge in [-0.3, -0.25) is 14.5 Å². The number of nitrogens with zero attached hydrogens (tertiary/aromatic N) is 1. The summed E-state index contributed by atoms with van der Waals surface area (Å²) in [7, 11) is 0. The van der Waals surface area contributed by atoms with Gasteiger partial charge in [0, 0.05) is 0 Å². The molecule has 5 nitrogen and oxygen atoms in total. The van der Waals surface area contributed by atoms with E-state index in [1.165, 1.54) is 36.0 Å². The molecular formula is C21H18F3NO4S. The highest BCUT2D eigenvalue weighted by molar-refractivity contribution is 7.98. The summed E-state index contributed by atoms with van der Waals surface area (Å²) in [4.78, 5) is 39.0. The van der Waals surface area contributed by atoms with Gasteiger partial charge in [0.2, 0.25) is 0 Å². The number of carbonyl (C=O) groups excluding carboxylic acids is 3. The van der Waals surface area contributed by atoms with E-state index in [-0.39, 0.29) is 23.1 Å². The van der Waals surface area contributed by atoms with Crippen LogP contribution < -0.4 is 0 Å². The lowest BCUT2D eigenvalue weighted by Gasteiger charge is -2.24. The summed E-state index contributed by atoms with van der Waals surface area (Å²) in [5.41, 5.74) is -0.274. The highest BCUT2D eigenvalue weighted by Crippen LogP contribution is 2.30. The Morgan fingerprint density at radius 1 is 1.07 bits per heavy atom. The number of benzene rings is 2. The number of carbonyl (C=O) groups is 3. The van der Waals surface area contributed by atoms with Gasteiger partial charge in [-0.1, -0.05) is 24.3 Å². The standard InChI is InChI=1S/C21H18F3NO4S/c1-30-10-9-17(25-18(26)15-7-2-3-8-16(15)19(25)27)20(28)29-12-13-5-4-6-14(11-13)21(22,23)24/h2-8,11,17H,9-10,12H2,1H3. The number of fused-ring (bicyclic) bond motifs is 1. The second-order valence-electron chi connectivity index (χ2n) is 6.63. The van der Waals surface area contributed by atoms with Gasteiger partial charge in [0.1, 0.15) is 12.6 Å². The van der Waals surface area contributed by atoms with E-state index in [2.05, 4.69) is 0 Å². The van der Waals surface area contributed by atoms with Gasteiger partial charge in [0.05, 0.1) is 16.7 Å². The van der Waals surface area contributed by atoms with Crippen molar-refractivity contribution in [2.75, 3.05) is 12.0 Å². The number of ether oxygens (including phenoxy) is 1. The van der Waals surface area contributed by atoms with E-state index in [0.717, 1.165) is 17.0 Å². The molecule has 3 rings (SSSR count). The molecule has 1 aliphatic heterocycles. The lowest BCUT2D eigenvalue weighted by atomic mass is 10.1. The van der Waals surface area contributed by atoms with Crippen LogP contribution in [-0.2, 0) is 22.3 Å². The minimum absolute atomic E-state index is 0.157. The Bertz CT molecular complexity index is 942. The van der Waals surface area contributed by atoms with Crippen LogP contribution in [0.4, 0.5) is 13.2 Å². The Kier molecular flexibility index (Phi) is 6.50. The van der Waals surface area contributed by atoms with Crippen LogP contribution in [-0.4, -0.2) is 40.7 Å². The summed E-state index contributed by atoms with van der Waals surface area (Å²) < 4.78 is 43.8. The predicted octanol–water partition coefficient (Wildman–Crippen LogP) is 4.17. The maximum atomic E-state index is 12.9. The van der Waals surface area contributed by atoms with Crippen molar-refractivity contribution in [1.29, 1.82) is 0 Å². The summed E-state index contributed by atoms with van der Waals surface area (Å²) in [5, 5.41) is 0. The van der Waals surface area contributed by atoms with Gasteiger partial charge in [-0.15, -0.1) is 0 Å². The normalized spacial score (nSPS) is 14.6. The highest BCUT2D eigenvalue weighted by Gasteiger charge is 2.43. The van der Waals surface area contributed by atoms with Crippen molar-refractivity contribution in [2.24, 2.45) is 0 Å². The van der Waals surface area contributed by atoms with Crippen LogP contribution in [0, 0.1) is 0 Å². The number of hydrogen-bond acceptors (Lipinski definition) is 5. The van der Waals surface area contributed by atoms with Gasteiger partial charge in [-0.25, -0.2) is 4.79 Å². The summed E-state index contributed by atoms with van der Waals surface area (Å²) in [6.07, 6.45) is -2.53. The highest BCUT2D eigenvalue weighted by atomic mass is 32.2. The summed E-state index contributed by atoms with van der Waals surface area (Å²) in [6.45, 7) is -0.401. The van der Waals surface area contributed by atoms with Gasteiger partial charge >= 0.3 is 12.1 Å². The van der Waals surface area contributed by atoms with Crippen molar-refractivity contribution in [3.05, 3.63) is 70.8 Å². The molecule has 1 unspecified atom stereocenters. The first-order valence-electron chi connectivity index (χ1n) is 9.02. The molecular weight excluding hydrogens is 419 g/mol. The first-order valence-corrected chi connectivity index (χ1v) is 10.4. The van der Waals surface area contributed by atoms with Crippen molar-refractivity contribution < 1.29 is 32.3 Å². The molecule has 0 aliphatic carbocycles. The van der Waals surface area contributed by atoms with Gasteiger partial charge in [0.25, 0.3) is 11.8 Å². The van der Waals surface area contributed by atoms with Crippen LogP contribution in [0.2, 0.25) is 0 Å². The van der Waals surface area contributed by atoms with Crippen LogP contribution in [0.1, 0.15) is 38.3 Å². The average molecular weight is 437 g/mol. The molecule has 2 aromatic carbocycles. The van der Waals surface area contributed by atoms with Crippen molar-refractivity contribution in [1.82, 2.24) is 4.90 Å². The van der Waals surface area contributed by atoms with Gasteiger partial charge in [-0.05, 0) is 48.3 Å². The summed E-state index contributed by atoms with van der Waals surface area (Å²) in [6, 6.07) is 9.55. The van der Waals surface area contributed by atoms with E-state index in [0.29, 0.717) is 5.75 Å². The Morgan fingerprint density at radius 2 is 1.70 bits per heavy atom. The van der Waals surface area contributed by atoms with E-state index < -0.39 is 42.2 Å². The Morgan fingerprint density at radius 3 is 2.27 bits per heavy atom. The van der Waals surface area contributed by atoms with Crippen molar-refractivity contribution in [3.63, 3.8) is 0 Å². The molecule has 1 aliphatic rings. The number of alkyl halides is 3. The largest absolute Gasteiger partial charge is 0.459 e. The van der Waals surface area contributed by atoms with Crippen molar-refractivity contribution >= 4 is 29.5 Å². The zero-order valence-electron chi connectivity index (χ0n) is 15.9. The third kappa shape index (κ3) is 4.51.